The van der Waals surface area contributed by atoms with E-state index in [1.54, 1.807) is 24.3 Å². The molecule has 0 bridgehead atoms. The number of ether oxygens (including phenoxy) is 1. The van der Waals surface area contributed by atoms with Crippen molar-refractivity contribution in [3.63, 3.8) is 0 Å². The Hall–Kier alpha value is -5.41. The smallest absolute Gasteiger partial charge is 0.406 e. The third kappa shape index (κ3) is 10.9. The van der Waals surface area contributed by atoms with Gasteiger partial charge >= 0.3 is 12.5 Å². The Labute approximate surface area is 265 Å². The van der Waals surface area contributed by atoms with Crippen LogP contribution in [0.1, 0.15) is 47.2 Å². The summed E-state index contributed by atoms with van der Waals surface area (Å²) >= 11 is 0. The maximum Gasteiger partial charge on any atom is 0.573 e. The molecule has 0 aliphatic heterocycles. The molecule has 0 spiro atoms. The number of guanidine groups is 2. The first kappa shape index (κ1) is 34.5. The lowest BCUT2D eigenvalue weighted by atomic mass is 9.93. The first-order chi connectivity index (χ1) is 22.3. The summed E-state index contributed by atoms with van der Waals surface area (Å²) in [6.45, 7) is -1.57. The van der Waals surface area contributed by atoms with Crippen molar-refractivity contribution in [1.29, 1.82) is 0 Å². The number of hydrogen-bond acceptors (Lipinski definition) is 4. The molecule has 16 heteroatoms. The van der Waals surface area contributed by atoms with Crippen LogP contribution in [-0.2, 0) is 6.54 Å². The van der Waals surface area contributed by atoms with Gasteiger partial charge in [0.25, 0.3) is 5.91 Å². The summed E-state index contributed by atoms with van der Waals surface area (Å²) in [7, 11) is 0. The number of hydrogen-bond donors (Lipinski definition) is 3. The van der Waals surface area contributed by atoms with E-state index in [-0.39, 0.29) is 23.8 Å². The van der Waals surface area contributed by atoms with Gasteiger partial charge in [-0.05, 0) is 90.9 Å². The molecule has 1 aliphatic rings. The summed E-state index contributed by atoms with van der Waals surface area (Å²) in [6, 6.07) is 17.8. The molecular formula is C31H30F6N8O2. The standard InChI is InChI=1S/C31H30F6N8O2/c32-30(33,34)19-40-29(41-24-12-16-26(17-13-24)47-31(35,36)37)45(25-14-10-22(11-15-25)21-4-2-1-3-5-21)18-20-6-8-23(9-7-20)27(46)42-28(38)43-44-39/h4,6-17H,1-3,5,18-19H2,(H,40,41)(H4,38,39,42,43,46). The number of nitrogens with zero attached hydrogens (tertiary/aromatic N) is 5. The number of amides is 1. The van der Waals surface area contributed by atoms with Gasteiger partial charge in [0.2, 0.25) is 11.9 Å². The minimum Gasteiger partial charge on any atom is -0.406 e. The van der Waals surface area contributed by atoms with Gasteiger partial charge in [-0.1, -0.05) is 40.7 Å². The highest BCUT2D eigenvalue weighted by Crippen LogP contribution is 2.30. The SMILES string of the molecule is N/N=N\C(N)=NC(=O)c1ccc(CN(C(=NCC(F)(F)F)Nc2ccc(OC(F)(F)F)cc2)c2ccc(C3=CCCCC3)cc2)cc1. The predicted molar refractivity (Wildman–Crippen MR) is 166 cm³/mol. The zero-order chi connectivity index (χ0) is 34.0. The number of anilines is 2. The van der Waals surface area contributed by atoms with E-state index in [0.717, 1.165) is 43.4 Å². The monoisotopic (exact) mass is 660 g/mol. The van der Waals surface area contributed by atoms with Crippen LogP contribution in [0.25, 0.3) is 5.57 Å². The van der Waals surface area contributed by atoms with Gasteiger partial charge in [0.1, 0.15) is 12.3 Å². The zero-order valence-corrected chi connectivity index (χ0v) is 24.7. The van der Waals surface area contributed by atoms with E-state index in [4.69, 9.17) is 11.6 Å². The number of allylic oxidation sites excluding steroid dienone is 2. The van der Waals surface area contributed by atoms with Crippen LogP contribution >= 0.6 is 0 Å². The zero-order valence-electron chi connectivity index (χ0n) is 24.7. The van der Waals surface area contributed by atoms with Gasteiger partial charge in [0.15, 0.2) is 0 Å². The Bertz CT molecular complexity index is 1630. The Kier molecular flexibility index (Phi) is 11.2. The van der Waals surface area contributed by atoms with Gasteiger partial charge in [0, 0.05) is 16.9 Å². The van der Waals surface area contributed by atoms with E-state index in [0.29, 0.717) is 11.3 Å². The van der Waals surface area contributed by atoms with Crippen molar-refractivity contribution in [3.8, 4) is 5.75 Å². The van der Waals surface area contributed by atoms with Gasteiger partial charge in [-0.25, -0.2) is 4.99 Å². The second-order valence-electron chi connectivity index (χ2n) is 10.2. The summed E-state index contributed by atoms with van der Waals surface area (Å²) in [4.78, 5) is 21.3. The minimum atomic E-state index is -4.92. The summed E-state index contributed by atoms with van der Waals surface area (Å²) in [5.41, 5.74) is 8.94. The highest BCUT2D eigenvalue weighted by atomic mass is 19.4. The van der Waals surface area contributed by atoms with Crippen LogP contribution < -0.4 is 26.5 Å². The van der Waals surface area contributed by atoms with Gasteiger partial charge in [-0.3, -0.25) is 4.79 Å². The number of carbonyl (C=O) groups is 1. The molecule has 10 nitrogen and oxygen atoms in total. The lowest BCUT2D eigenvalue weighted by molar-refractivity contribution is -0.274. The van der Waals surface area contributed by atoms with Crippen LogP contribution in [0, 0.1) is 0 Å². The van der Waals surface area contributed by atoms with Crippen LogP contribution in [0.3, 0.4) is 0 Å². The van der Waals surface area contributed by atoms with E-state index >= 15 is 0 Å². The number of nitrogens with two attached hydrogens (primary N) is 2. The van der Waals surface area contributed by atoms with Gasteiger partial charge in [-0.15, -0.1) is 13.2 Å². The first-order valence-corrected chi connectivity index (χ1v) is 14.2. The molecule has 4 rings (SSSR count). The fourth-order valence-corrected chi connectivity index (χ4v) is 4.66. The first-order valence-electron chi connectivity index (χ1n) is 14.2. The van der Waals surface area contributed by atoms with Crippen molar-refractivity contribution in [2.24, 2.45) is 31.9 Å². The molecule has 0 radical (unpaired) electrons. The second-order valence-corrected chi connectivity index (χ2v) is 10.2. The lowest BCUT2D eigenvalue weighted by Gasteiger charge is -2.28. The predicted octanol–water partition coefficient (Wildman–Crippen LogP) is 7.36. The van der Waals surface area contributed by atoms with Crippen LogP contribution in [0.4, 0.5) is 37.7 Å². The Morgan fingerprint density at radius 1 is 0.915 bits per heavy atom. The van der Waals surface area contributed by atoms with Gasteiger partial charge < -0.3 is 26.5 Å². The minimum absolute atomic E-state index is 0.0255. The third-order valence-corrected chi connectivity index (χ3v) is 6.77. The maximum atomic E-state index is 13.4. The van der Waals surface area contributed by atoms with E-state index in [1.165, 1.54) is 34.7 Å². The fourth-order valence-electron chi connectivity index (χ4n) is 4.66. The Morgan fingerprint density at radius 2 is 1.60 bits per heavy atom. The molecule has 3 aromatic carbocycles. The summed E-state index contributed by atoms with van der Waals surface area (Å²) in [5.74, 6) is 2.99. The molecule has 0 fully saturated rings. The fraction of sp³-hybridized carbons (Fsp3) is 0.258. The molecule has 1 amide bonds. The lowest BCUT2D eigenvalue weighted by Crippen LogP contribution is -2.37. The van der Waals surface area contributed by atoms with Crippen molar-refractivity contribution in [2.45, 2.75) is 44.8 Å². The molecule has 0 saturated heterocycles. The molecule has 0 atom stereocenters. The highest BCUT2D eigenvalue weighted by molar-refractivity contribution is 6.05. The average molecular weight is 661 g/mol. The van der Waals surface area contributed by atoms with Crippen molar-refractivity contribution in [2.75, 3.05) is 16.8 Å². The Balaban J connectivity index is 1.70. The summed E-state index contributed by atoms with van der Waals surface area (Å²) in [6.07, 6.45) is -3.38. The molecule has 47 heavy (non-hydrogen) atoms. The molecule has 1 aliphatic carbocycles. The van der Waals surface area contributed by atoms with Crippen LogP contribution in [-0.4, -0.2) is 36.9 Å². The topological polar surface area (TPSA) is 143 Å². The van der Waals surface area contributed by atoms with Crippen molar-refractivity contribution < 1.29 is 35.9 Å². The number of rotatable bonds is 8. The summed E-state index contributed by atoms with van der Waals surface area (Å²) in [5, 5.41) is 9.04. The van der Waals surface area contributed by atoms with Crippen molar-refractivity contribution in [3.05, 3.63) is 95.6 Å². The highest BCUT2D eigenvalue weighted by Gasteiger charge is 2.31. The average Bonchev–Trinajstić information content (AvgIpc) is 3.02. The van der Waals surface area contributed by atoms with E-state index in [1.807, 2.05) is 12.1 Å². The number of nitrogens with one attached hydrogen (secondary N) is 1. The number of carbonyl (C=O) groups excluding carboxylic acids is 1. The molecule has 3 aromatic rings. The van der Waals surface area contributed by atoms with Crippen molar-refractivity contribution >= 4 is 34.8 Å². The quantitative estimate of drug-likeness (QED) is 0.0576. The van der Waals surface area contributed by atoms with Crippen LogP contribution in [0.15, 0.2) is 99.2 Å². The van der Waals surface area contributed by atoms with Crippen LogP contribution in [0.2, 0.25) is 0 Å². The van der Waals surface area contributed by atoms with Crippen LogP contribution in [0.5, 0.6) is 5.75 Å². The number of halogens is 6. The molecule has 0 unspecified atom stereocenters. The molecule has 5 N–H and O–H groups in total. The molecular weight excluding hydrogens is 630 g/mol. The largest absolute Gasteiger partial charge is 0.573 e. The molecule has 0 heterocycles. The Morgan fingerprint density at radius 3 is 2.17 bits per heavy atom. The van der Waals surface area contributed by atoms with E-state index < -0.39 is 36.7 Å². The van der Waals surface area contributed by atoms with Gasteiger partial charge in [-0.2, -0.15) is 18.2 Å². The van der Waals surface area contributed by atoms with Gasteiger partial charge in [0.05, 0.1) is 6.54 Å². The summed E-state index contributed by atoms with van der Waals surface area (Å²) < 4.78 is 82.1. The molecule has 0 saturated carbocycles. The maximum absolute atomic E-state index is 13.4. The number of benzene rings is 3. The number of aliphatic imine (C=N–C) groups is 2. The second kappa shape index (κ2) is 15.2. The van der Waals surface area contributed by atoms with E-state index in [9.17, 15) is 31.1 Å². The molecule has 0 aromatic heterocycles. The normalized spacial score (nSPS) is 14.6. The molecule has 248 valence electrons. The number of alkyl halides is 6. The van der Waals surface area contributed by atoms with Crippen molar-refractivity contribution in [1.82, 2.24) is 0 Å². The third-order valence-electron chi connectivity index (χ3n) is 6.77. The van der Waals surface area contributed by atoms with E-state index in [2.05, 4.69) is 36.5 Å².